The van der Waals surface area contributed by atoms with Crippen molar-refractivity contribution in [2.75, 3.05) is 45.9 Å². The number of ether oxygens (including phenoxy) is 2. The van der Waals surface area contributed by atoms with Gasteiger partial charge in [0.1, 0.15) is 0 Å². The quantitative estimate of drug-likeness (QED) is 0.803. The summed E-state index contributed by atoms with van der Waals surface area (Å²) in [5.74, 6) is 0. The van der Waals surface area contributed by atoms with E-state index in [1.54, 1.807) is 0 Å². The molecule has 2 N–H and O–H groups in total. The Bertz CT molecular complexity index is 309. The van der Waals surface area contributed by atoms with Gasteiger partial charge in [0.25, 0.3) is 0 Å². The molecule has 0 aromatic rings. The lowest BCUT2D eigenvalue weighted by Gasteiger charge is -2.34. The molecule has 5 heteroatoms. The molecule has 3 aliphatic heterocycles. The van der Waals surface area contributed by atoms with Crippen molar-refractivity contribution >= 4 is 0 Å². The number of rotatable bonds is 4. The van der Waals surface area contributed by atoms with Crippen LogP contribution in [-0.4, -0.2) is 80.0 Å². The molecule has 0 radical (unpaired) electrons. The number of nitrogens with zero attached hydrogens (tertiary/aromatic N) is 2. The molecule has 4 atom stereocenters. The smallest absolute Gasteiger partial charge is 0.0747 e. The van der Waals surface area contributed by atoms with Crippen LogP contribution in [0.25, 0.3) is 0 Å². The minimum Gasteiger partial charge on any atom is -0.379 e. The molecule has 4 unspecified atom stereocenters. The number of hydrogen-bond acceptors (Lipinski definition) is 5. The molecule has 0 aromatic carbocycles. The summed E-state index contributed by atoms with van der Waals surface area (Å²) in [5, 5.41) is 0. The van der Waals surface area contributed by atoms with Crippen molar-refractivity contribution in [3.05, 3.63) is 0 Å². The maximum Gasteiger partial charge on any atom is 0.0747 e. The number of likely N-dealkylation sites (tertiary alicyclic amines) is 1. The fourth-order valence-corrected chi connectivity index (χ4v) is 3.96. The summed E-state index contributed by atoms with van der Waals surface area (Å²) in [6.07, 6.45) is 4.37. The molecule has 20 heavy (non-hydrogen) atoms. The Balaban J connectivity index is 1.54. The van der Waals surface area contributed by atoms with Crippen LogP contribution in [0.4, 0.5) is 0 Å². The maximum absolute atomic E-state index is 6.05. The summed E-state index contributed by atoms with van der Waals surface area (Å²) in [4.78, 5) is 5.16. The van der Waals surface area contributed by atoms with E-state index in [-0.39, 0.29) is 0 Å². The van der Waals surface area contributed by atoms with E-state index in [0.717, 1.165) is 39.4 Å². The predicted octanol–water partition coefficient (Wildman–Crippen LogP) is 0.288. The van der Waals surface area contributed by atoms with Gasteiger partial charge in [-0.3, -0.25) is 9.80 Å². The maximum atomic E-state index is 6.05. The van der Waals surface area contributed by atoms with Crippen molar-refractivity contribution in [2.24, 2.45) is 5.73 Å². The van der Waals surface area contributed by atoms with Gasteiger partial charge in [0.15, 0.2) is 0 Å². The standard InChI is InChI=1S/C15H29N3O2/c1-12-2-3-15(20-12)14(10-16)18-5-4-13(11-18)17-6-8-19-9-7-17/h12-15H,2-11,16H2,1H3. The summed E-state index contributed by atoms with van der Waals surface area (Å²) in [6, 6.07) is 1.10. The Morgan fingerprint density at radius 2 is 1.95 bits per heavy atom. The van der Waals surface area contributed by atoms with E-state index >= 15 is 0 Å². The van der Waals surface area contributed by atoms with Crippen LogP contribution >= 0.6 is 0 Å². The second-order valence-electron chi connectivity index (χ2n) is 6.45. The highest BCUT2D eigenvalue weighted by Crippen LogP contribution is 2.27. The molecular weight excluding hydrogens is 254 g/mol. The van der Waals surface area contributed by atoms with Gasteiger partial charge in [0, 0.05) is 44.8 Å². The van der Waals surface area contributed by atoms with Crippen LogP contribution in [0.3, 0.4) is 0 Å². The van der Waals surface area contributed by atoms with Crippen LogP contribution in [0.15, 0.2) is 0 Å². The van der Waals surface area contributed by atoms with Gasteiger partial charge in [0.05, 0.1) is 25.4 Å². The molecule has 0 amide bonds. The number of morpholine rings is 1. The molecule has 3 fully saturated rings. The van der Waals surface area contributed by atoms with Gasteiger partial charge >= 0.3 is 0 Å². The number of hydrogen-bond donors (Lipinski definition) is 1. The predicted molar refractivity (Wildman–Crippen MR) is 78.8 cm³/mol. The third kappa shape index (κ3) is 3.17. The molecule has 3 aliphatic rings. The fraction of sp³-hybridized carbons (Fsp3) is 1.00. The van der Waals surface area contributed by atoms with E-state index in [1.165, 1.54) is 19.3 Å². The second-order valence-corrected chi connectivity index (χ2v) is 6.45. The summed E-state index contributed by atoms with van der Waals surface area (Å²) in [6.45, 7) is 9.15. The topological polar surface area (TPSA) is 51.0 Å². The van der Waals surface area contributed by atoms with Gasteiger partial charge < -0.3 is 15.2 Å². The molecule has 3 rings (SSSR count). The van der Waals surface area contributed by atoms with Gasteiger partial charge in [-0.05, 0) is 26.2 Å². The minimum atomic E-state index is 0.346. The largest absolute Gasteiger partial charge is 0.379 e. The van der Waals surface area contributed by atoms with Crippen molar-refractivity contribution in [1.82, 2.24) is 9.80 Å². The van der Waals surface area contributed by atoms with E-state index in [9.17, 15) is 0 Å². The average Bonchev–Trinajstić information content (AvgIpc) is 3.11. The van der Waals surface area contributed by atoms with Crippen LogP contribution < -0.4 is 5.73 Å². The van der Waals surface area contributed by atoms with Crippen LogP contribution in [-0.2, 0) is 9.47 Å². The van der Waals surface area contributed by atoms with Crippen LogP contribution in [0.5, 0.6) is 0 Å². The van der Waals surface area contributed by atoms with Crippen molar-refractivity contribution in [1.29, 1.82) is 0 Å². The van der Waals surface area contributed by atoms with E-state index in [0.29, 0.717) is 30.8 Å². The summed E-state index contributed by atoms with van der Waals surface area (Å²) in [7, 11) is 0. The van der Waals surface area contributed by atoms with Crippen molar-refractivity contribution in [2.45, 2.75) is 50.5 Å². The minimum absolute atomic E-state index is 0.346. The molecule has 3 saturated heterocycles. The van der Waals surface area contributed by atoms with Gasteiger partial charge in [-0.1, -0.05) is 0 Å². The lowest BCUT2D eigenvalue weighted by molar-refractivity contribution is -0.00539. The molecule has 0 saturated carbocycles. The average molecular weight is 283 g/mol. The second kappa shape index (κ2) is 6.71. The molecule has 116 valence electrons. The zero-order valence-corrected chi connectivity index (χ0v) is 12.7. The third-order valence-electron chi connectivity index (χ3n) is 5.16. The lowest BCUT2D eigenvalue weighted by Crippen LogP contribution is -2.50. The molecule has 0 bridgehead atoms. The Hall–Kier alpha value is -0.200. The Morgan fingerprint density at radius 3 is 2.60 bits per heavy atom. The fourth-order valence-electron chi connectivity index (χ4n) is 3.96. The van der Waals surface area contributed by atoms with Crippen LogP contribution in [0.2, 0.25) is 0 Å². The first-order valence-electron chi connectivity index (χ1n) is 8.19. The molecule has 5 nitrogen and oxygen atoms in total. The van der Waals surface area contributed by atoms with Crippen LogP contribution in [0, 0.1) is 0 Å². The lowest BCUT2D eigenvalue weighted by atomic mass is 10.1. The highest BCUT2D eigenvalue weighted by atomic mass is 16.5. The molecule has 0 aromatic heterocycles. The zero-order valence-electron chi connectivity index (χ0n) is 12.7. The molecular formula is C15H29N3O2. The highest BCUT2D eigenvalue weighted by molar-refractivity contribution is 4.92. The normalized spacial score (nSPS) is 38.4. The molecule has 3 heterocycles. The van der Waals surface area contributed by atoms with E-state index < -0.39 is 0 Å². The molecule has 0 aliphatic carbocycles. The monoisotopic (exact) mass is 283 g/mol. The van der Waals surface area contributed by atoms with Gasteiger partial charge in [0.2, 0.25) is 0 Å². The third-order valence-corrected chi connectivity index (χ3v) is 5.16. The Labute approximate surface area is 122 Å². The van der Waals surface area contributed by atoms with E-state index in [2.05, 4.69) is 16.7 Å². The van der Waals surface area contributed by atoms with Gasteiger partial charge in [-0.25, -0.2) is 0 Å². The van der Waals surface area contributed by atoms with Gasteiger partial charge in [-0.15, -0.1) is 0 Å². The van der Waals surface area contributed by atoms with E-state index in [4.69, 9.17) is 15.2 Å². The first-order valence-corrected chi connectivity index (χ1v) is 8.19. The summed E-state index contributed by atoms with van der Waals surface area (Å²) < 4.78 is 11.5. The van der Waals surface area contributed by atoms with Crippen molar-refractivity contribution in [3.63, 3.8) is 0 Å². The van der Waals surface area contributed by atoms with Crippen molar-refractivity contribution in [3.8, 4) is 0 Å². The summed E-state index contributed by atoms with van der Waals surface area (Å²) in [5.41, 5.74) is 6.05. The van der Waals surface area contributed by atoms with Crippen molar-refractivity contribution < 1.29 is 9.47 Å². The zero-order chi connectivity index (χ0) is 13.9. The SMILES string of the molecule is CC1CCC(C(CN)N2CCC(N3CCOCC3)C2)O1. The molecule has 0 spiro atoms. The Kier molecular flexibility index (Phi) is 4.94. The van der Waals surface area contributed by atoms with Crippen LogP contribution in [0.1, 0.15) is 26.2 Å². The first kappa shape index (κ1) is 14.7. The first-order chi connectivity index (χ1) is 9.78. The Morgan fingerprint density at radius 1 is 1.15 bits per heavy atom. The van der Waals surface area contributed by atoms with Gasteiger partial charge in [-0.2, -0.15) is 0 Å². The summed E-state index contributed by atoms with van der Waals surface area (Å²) >= 11 is 0. The number of nitrogens with two attached hydrogens (primary N) is 1. The van der Waals surface area contributed by atoms with E-state index in [1.807, 2.05) is 0 Å². The highest BCUT2D eigenvalue weighted by Gasteiger charge is 2.37.